The molecule has 0 saturated carbocycles. The molecule has 0 N–H and O–H groups in total. The number of aromatic nitrogens is 3. The maximum Gasteiger partial charge on any atom is 0.0491 e. The minimum Gasteiger partial charge on any atom is -0.344 e. The van der Waals surface area contributed by atoms with Crippen LogP contribution in [0.5, 0.6) is 0 Å². The number of rotatable bonds is 10. The van der Waals surface area contributed by atoms with Crippen LogP contribution in [0, 0.1) is 0 Å². The Bertz CT molecular complexity index is 3130. The van der Waals surface area contributed by atoms with Crippen LogP contribution in [0.2, 0.25) is 0 Å². The number of benzene rings is 6. The minimum absolute atomic E-state index is 0.926. The van der Waals surface area contributed by atoms with Crippen molar-refractivity contribution in [3.05, 3.63) is 198 Å². The number of aryl methyl sites for hydroxylation is 3. The van der Waals surface area contributed by atoms with Crippen molar-refractivity contribution in [3.63, 3.8) is 0 Å². The molecular weight excluding hydrogens is 679 g/mol. The number of hydrogen-bond donors (Lipinski definition) is 0. The molecule has 0 amide bonds. The molecule has 0 radical (unpaired) electrons. The molecule has 272 valence electrons. The summed E-state index contributed by atoms with van der Waals surface area (Å²) in [6.07, 6.45) is 19.4. The SMILES string of the molecule is C=C(/C=C/c1ccc2c(c1)c1ccccc1n2C)/C=C(\C=C\C=C\c1ccc2c(c1)c1ccccc1n2CC)/C=C/c1ccc2c(c1)c1ccccc1n2CC. The second-order valence-corrected chi connectivity index (χ2v) is 14.5. The molecule has 0 aliphatic rings. The quantitative estimate of drug-likeness (QED) is 0.125. The fourth-order valence-electron chi connectivity index (χ4n) is 8.46. The van der Waals surface area contributed by atoms with Gasteiger partial charge in [0, 0.05) is 85.6 Å². The third kappa shape index (κ3) is 6.31. The van der Waals surface area contributed by atoms with Gasteiger partial charge in [-0.05, 0) is 102 Å². The van der Waals surface area contributed by atoms with E-state index in [0.717, 1.165) is 35.4 Å². The Hall–Kier alpha value is -6.84. The van der Waals surface area contributed by atoms with Crippen molar-refractivity contribution in [2.24, 2.45) is 7.05 Å². The summed E-state index contributed by atoms with van der Waals surface area (Å²) in [5, 5.41) is 7.69. The van der Waals surface area contributed by atoms with E-state index in [1.54, 1.807) is 0 Å². The van der Waals surface area contributed by atoms with Crippen LogP contribution in [0.15, 0.2) is 182 Å². The maximum atomic E-state index is 4.45. The molecule has 56 heavy (non-hydrogen) atoms. The van der Waals surface area contributed by atoms with E-state index in [2.05, 4.69) is 223 Å². The molecular formula is C53H45N3. The van der Waals surface area contributed by atoms with E-state index < -0.39 is 0 Å². The second-order valence-electron chi connectivity index (χ2n) is 14.5. The Kier molecular flexibility index (Phi) is 9.20. The van der Waals surface area contributed by atoms with Gasteiger partial charge >= 0.3 is 0 Å². The van der Waals surface area contributed by atoms with E-state index in [4.69, 9.17) is 0 Å². The Labute approximate surface area is 328 Å². The zero-order chi connectivity index (χ0) is 38.2. The topological polar surface area (TPSA) is 14.8 Å². The first kappa shape index (κ1) is 34.9. The number of nitrogens with zero attached hydrogens (tertiary/aromatic N) is 3. The van der Waals surface area contributed by atoms with Crippen molar-refractivity contribution in [1.29, 1.82) is 0 Å². The van der Waals surface area contributed by atoms with Crippen LogP contribution in [0.4, 0.5) is 0 Å². The molecule has 0 atom stereocenters. The number of allylic oxidation sites excluding steroid dienone is 8. The van der Waals surface area contributed by atoms with Crippen LogP contribution in [-0.4, -0.2) is 13.7 Å². The summed E-state index contributed by atoms with van der Waals surface area (Å²) in [6, 6.07) is 46.2. The van der Waals surface area contributed by atoms with Crippen molar-refractivity contribution >= 4 is 83.6 Å². The predicted octanol–water partition coefficient (Wildman–Crippen LogP) is 14.1. The lowest BCUT2D eigenvalue weighted by molar-refractivity contribution is 0.827. The molecule has 0 unspecified atom stereocenters. The third-order valence-electron chi connectivity index (χ3n) is 11.2. The van der Waals surface area contributed by atoms with E-state index in [9.17, 15) is 0 Å². The Morgan fingerprint density at radius 3 is 1.46 bits per heavy atom. The molecule has 0 saturated heterocycles. The number of fused-ring (bicyclic) bond motifs is 9. The van der Waals surface area contributed by atoms with Gasteiger partial charge in [-0.1, -0.05) is 128 Å². The average Bonchev–Trinajstić information content (AvgIpc) is 3.84. The van der Waals surface area contributed by atoms with Crippen molar-refractivity contribution < 1.29 is 0 Å². The molecule has 3 nitrogen and oxygen atoms in total. The minimum atomic E-state index is 0.926. The van der Waals surface area contributed by atoms with Crippen LogP contribution in [0.25, 0.3) is 83.6 Å². The van der Waals surface area contributed by atoms with Gasteiger partial charge in [0.1, 0.15) is 0 Å². The fourth-order valence-corrected chi connectivity index (χ4v) is 8.46. The van der Waals surface area contributed by atoms with Gasteiger partial charge in [-0.2, -0.15) is 0 Å². The lowest BCUT2D eigenvalue weighted by Crippen LogP contribution is -1.92. The first-order chi connectivity index (χ1) is 27.5. The van der Waals surface area contributed by atoms with Gasteiger partial charge in [0.2, 0.25) is 0 Å². The van der Waals surface area contributed by atoms with Crippen molar-refractivity contribution in [3.8, 4) is 0 Å². The number of hydrogen-bond acceptors (Lipinski definition) is 0. The third-order valence-corrected chi connectivity index (χ3v) is 11.2. The monoisotopic (exact) mass is 723 g/mol. The highest BCUT2D eigenvalue weighted by molar-refractivity contribution is 6.10. The van der Waals surface area contributed by atoms with E-state index >= 15 is 0 Å². The summed E-state index contributed by atoms with van der Waals surface area (Å²) in [7, 11) is 2.14. The molecule has 0 aliphatic carbocycles. The maximum absolute atomic E-state index is 4.45. The molecule has 9 rings (SSSR count). The normalized spacial score (nSPS) is 12.9. The average molecular weight is 724 g/mol. The summed E-state index contributed by atoms with van der Waals surface area (Å²) in [4.78, 5) is 0. The smallest absolute Gasteiger partial charge is 0.0491 e. The fraction of sp³-hybridized carbons (Fsp3) is 0.0943. The highest BCUT2D eigenvalue weighted by Crippen LogP contribution is 2.32. The van der Waals surface area contributed by atoms with Crippen molar-refractivity contribution in [2.75, 3.05) is 0 Å². The van der Waals surface area contributed by atoms with E-state index in [1.807, 2.05) is 0 Å². The van der Waals surface area contributed by atoms with Gasteiger partial charge in [-0.25, -0.2) is 0 Å². The highest BCUT2D eigenvalue weighted by atomic mass is 15.0. The van der Waals surface area contributed by atoms with Crippen molar-refractivity contribution in [2.45, 2.75) is 26.9 Å². The highest BCUT2D eigenvalue weighted by Gasteiger charge is 2.11. The summed E-state index contributed by atoms with van der Waals surface area (Å²) in [5.41, 5.74) is 13.1. The Balaban J connectivity index is 1.03. The van der Waals surface area contributed by atoms with E-state index in [0.29, 0.717) is 0 Å². The largest absolute Gasteiger partial charge is 0.344 e. The van der Waals surface area contributed by atoms with Gasteiger partial charge in [0.15, 0.2) is 0 Å². The molecule has 0 bridgehead atoms. The molecule has 3 aromatic heterocycles. The van der Waals surface area contributed by atoms with Gasteiger partial charge in [0.05, 0.1) is 0 Å². The van der Waals surface area contributed by atoms with E-state index in [1.165, 1.54) is 71.0 Å². The second kappa shape index (κ2) is 14.8. The first-order valence-corrected chi connectivity index (χ1v) is 19.6. The molecule has 0 fully saturated rings. The molecule has 0 aliphatic heterocycles. The van der Waals surface area contributed by atoms with Gasteiger partial charge < -0.3 is 13.7 Å². The zero-order valence-electron chi connectivity index (χ0n) is 32.3. The molecule has 3 heteroatoms. The molecule has 3 heterocycles. The molecule has 9 aromatic rings. The van der Waals surface area contributed by atoms with Crippen LogP contribution in [0.1, 0.15) is 30.5 Å². The number of para-hydroxylation sites is 3. The Morgan fingerprint density at radius 1 is 0.464 bits per heavy atom. The summed E-state index contributed by atoms with van der Waals surface area (Å²) < 4.78 is 7.05. The first-order valence-electron chi connectivity index (χ1n) is 19.6. The van der Waals surface area contributed by atoms with Crippen LogP contribution in [-0.2, 0) is 20.1 Å². The Morgan fingerprint density at radius 2 is 0.893 bits per heavy atom. The lowest BCUT2D eigenvalue weighted by Gasteiger charge is -2.03. The van der Waals surface area contributed by atoms with Crippen LogP contribution < -0.4 is 0 Å². The summed E-state index contributed by atoms with van der Waals surface area (Å²) >= 11 is 0. The van der Waals surface area contributed by atoms with Gasteiger partial charge in [0.25, 0.3) is 0 Å². The van der Waals surface area contributed by atoms with E-state index in [-0.39, 0.29) is 0 Å². The van der Waals surface area contributed by atoms with Crippen LogP contribution >= 0.6 is 0 Å². The van der Waals surface area contributed by atoms with Crippen LogP contribution in [0.3, 0.4) is 0 Å². The molecule has 6 aromatic carbocycles. The summed E-state index contributed by atoms with van der Waals surface area (Å²) in [5.74, 6) is 0. The molecule has 0 spiro atoms. The lowest BCUT2D eigenvalue weighted by atomic mass is 10.1. The standard InChI is InChI=1S/C53H45N3/c1-5-55-50-21-13-10-18-43(50)46-34-39(28-31-52(46)55)16-8-7-15-38(25-26-41-29-32-53-47(36-41)44-19-11-14-22-51(44)56(53)6-2)33-37(3)23-24-40-27-30-49-45(35-40)42-17-9-12-20-48(42)54(49)4/h7-36H,3,5-6H2,1-2,4H3/b15-7+,16-8+,24-23+,26-25+,38-33+. The zero-order valence-corrected chi connectivity index (χ0v) is 32.3. The predicted molar refractivity (Wildman–Crippen MR) is 244 cm³/mol. The van der Waals surface area contributed by atoms with Crippen molar-refractivity contribution in [1.82, 2.24) is 13.7 Å². The van der Waals surface area contributed by atoms with Gasteiger partial charge in [-0.3, -0.25) is 0 Å². The summed E-state index contributed by atoms with van der Waals surface area (Å²) in [6.45, 7) is 10.8. The van der Waals surface area contributed by atoms with Gasteiger partial charge in [-0.15, -0.1) is 0 Å².